The van der Waals surface area contributed by atoms with Crippen molar-refractivity contribution in [1.82, 2.24) is 9.97 Å². The third-order valence-corrected chi connectivity index (χ3v) is 3.29. The molecule has 0 spiro atoms. The van der Waals surface area contributed by atoms with Crippen LogP contribution in [0.1, 0.15) is 6.92 Å². The SMILES string of the molecule is CCNc1nc(-c2ccc(OC)c(F)c2)ncc1I. The Hall–Kier alpha value is -1.44. The van der Waals surface area contributed by atoms with E-state index in [0.29, 0.717) is 11.4 Å². The zero-order valence-corrected chi connectivity index (χ0v) is 12.7. The van der Waals surface area contributed by atoms with Gasteiger partial charge in [0.05, 0.1) is 10.7 Å². The summed E-state index contributed by atoms with van der Waals surface area (Å²) < 4.78 is 19.5. The Balaban J connectivity index is 2.41. The van der Waals surface area contributed by atoms with Crippen LogP contribution in [0.3, 0.4) is 0 Å². The van der Waals surface area contributed by atoms with E-state index in [9.17, 15) is 4.39 Å². The Bertz CT molecular complexity index is 592. The van der Waals surface area contributed by atoms with Crippen molar-refractivity contribution < 1.29 is 9.13 Å². The average molecular weight is 373 g/mol. The summed E-state index contributed by atoms with van der Waals surface area (Å²) in [6.07, 6.45) is 1.71. The highest BCUT2D eigenvalue weighted by Gasteiger charge is 2.09. The van der Waals surface area contributed by atoms with Gasteiger partial charge in [0.15, 0.2) is 17.4 Å². The van der Waals surface area contributed by atoms with Crippen molar-refractivity contribution >= 4 is 28.4 Å². The Labute approximate surface area is 124 Å². The van der Waals surface area contributed by atoms with Crippen LogP contribution in [0.5, 0.6) is 5.75 Å². The van der Waals surface area contributed by atoms with E-state index in [1.54, 1.807) is 18.3 Å². The molecule has 0 aliphatic heterocycles. The van der Waals surface area contributed by atoms with Crippen LogP contribution in [-0.2, 0) is 0 Å². The molecule has 1 aromatic heterocycles. The standard InChI is InChI=1S/C13H13FIN3O/c1-3-16-13-10(15)7-17-12(18-13)8-4-5-11(19-2)9(14)6-8/h4-7H,3H2,1-2H3,(H,16,17,18). The highest BCUT2D eigenvalue weighted by atomic mass is 127. The van der Waals surface area contributed by atoms with Gasteiger partial charge >= 0.3 is 0 Å². The van der Waals surface area contributed by atoms with E-state index in [-0.39, 0.29) is 5.75 Å². The van der Waals surface area contributed by atoms with E-state index in [0.717, 1.165) is 15.9 Å². The van der Waals surface area contributed by atoms with Gasteiger partial charge in [0.1, 0.15) is 5.82 Å². The quantitative estimate of drug-likeness (QED) is 0.836. The van der Waals surface area contributed by atoms with E-state index in [2.05, 4.69) is 37.9 Å². The molecule has 0 unspecified atom stereocenters. The summed E-state index contributed by atoms with van der Waals surface area (Å²) in [5.74, 6) is 1.02. The van der Waals surface area contributed by atoms with Crippen LogP contribution in [0.2, 0.25) is 0 Å². The zero-order chi connectivity index (χ0) is 13.8. The molecule has 0 saturated carbocycles. The van der Waals surface area contributed by atoms with Crippen LogP contribution < -0.4 is 10.1 Å². The molecule has 0 bridgehead atoms. The Morgan fingerprint density at radius 1 is 1.42 bits per heavy atom. The first-order chi connectivity index (χ1) is 9.15. The lowest BCUT2D eigenvalue weighted by Gasteiger charge is -2.08. The second-order valence-electron chi connectivity index (χ2n) is 3.77. The largest absolute Gasteiger partial charge is 0.494 e. The van der Waals surface area contributed by atoms with Crippen molar-refractivity contribution in [2.75, 3.05) is 19.0 Å². The first-order valence-electron chi connectivity index (χ1n) is 5.76. The molecule has 100 valence electrons. The molecule has 0 radical (unpaired) electrons. The predicted molar refractivity (Wildman–Crippen MR) is 80.9 cm³/mol. The van der Waals surface area contributed by atoms with Gasteiger partial charge in [0.2, 0.25) is 0 Å². The van der Waals surface area contributed by atoms with Crippen LogP contribution in [0, 0.1) is 9.39 Å². The fourth-order valence-corrected chi connectivity index (χ4v) is 2.05. The minimum absolute atomic E-state index is 0.209. The zero-order valence-electron chi connectivity index (χ0n) is 10.6. The number of aromatic nitrogens is 2. The van der Waals surface area contributed by atoms with Gasteiger partial charge in [-0.3, -0.25) is 0 Å². The molecule has 1 N–H and O–H groups in total. The molecule has 1 aromatic carbocycles. The number of methoxy groups -OCH3 is 1. The highest BCUT2D eigenvalue weighted by Crippen LogP contribution is 2.25. The van der Waals surface area contributed by atoms with E-state index in [4.69, 9.17) is 4.74 Å². The van der Waals surface area contributed by atoms with Gasteiger partial charge < -0.3 is 10.1 Å². The Morgan fingerprint density at radius 2 is 2.21 bits per heavy atom. The molecule has 0 amide bonds. The van der Waals surface area contributed by atoms with Crippen molar-refractivity contribution in [3.8, 4) is 17.1 Å². The van der Waals surface area contributed by atoms with Gasteiger partial charge in [-0.25, -0.2) is 14.4 Å². The van der Waals surface area contributed by atoms with Gasteiger partial charge in [-0.15, -0.1) is 0 Å². The molecule has 2 rings (SSSR count). The maximum absolute atomic E-state index is 13.7. The summed E-state index contributed by atoms with van der Waals surface area (Å²) in [6, 6.07) is 4.68. The molecule has 0 saturated heterocycles. The number of nitrogens with one attached hydrogen (secondary N) is 1. The molecule has 0 aliphatic carbocycles. The van der Waals surface area contributed by atoms with Crippen LogP contribution in [0.4, 0.5) is 10.2 Å². The van der Waals surface area contributed by atoms with Crippen LogP contribution >= 0.6 is 22.6 Å². The number of hydrogen-bond donors (Lipinski definition) is 1. The van der Waals surface area contributed by atoms with Crippen molar-refractivity contribution in [2.45, 2.75) is 6.92 Å². The summed E-state index contributed by atoms with van der Waals surface area (Å²) in [5.41, 5.74) is 0.619. The smallest absolute Gasteiger partial charge is 0.165 e. The normalized spacial score (nSPS) is 10.3. The monoisotopic (exact) mass is 373 g/mol. The van der Waals surface area contributed by atoms with Crippen molar-refractivity contribution in [1.29, 1.82) is 0 Å². The average Bonchev–Trinajstić information content (AvgIpc) is 2.41. The van der Waals surface area contributed by atoms with Gasteiger partial charge in [-0.1, -0.05) is 0 Å². The molecule has 1 heterocycles. The molecule has 0 aliphatic rings. The number of rotatable bonds is 4. The summed E-state index contributed by atoms with van der Waals surface area (Å²) >= 11 is 2.16. The summed E-state index contributed by atoms with van der Waals surface area (Å²) in [4.78, 5) is 8.61. The van der Waals surface area contributed by atoms with Crippen molar-refractivity contribution in [3.63, 3.8) is 0 Å². The fourth-order valence-electron chi connectivity index (χ4n) is 1.60. The molecule has 19 heavy (non-hydrogen) atoms. The number of anilines is 1. The van der Waals surface area contributed by atoms with Crippen molar-refractivity contribution in [2.24, 2.45) is 0 Å². The molecule has 6 heteroatoms. The number of halogens is 2. The second kappa shape index (κ2) is 6.14. The molecule has 2 aromatic rings. The maximum atomic E-state index is 13.7. The van der Waals surface area contributed by atoms with Gasteiger partial charge in [-0.2, -0.15) is 0 Å². The van der Waals surface area contributed by atoms with E-state index >= 15 is 0 Å². The number of ether oxygens (including phenoxy) is 1. The highest BCUT2D eigenvalue weighted by molar-refractivity contribution is 14.1. The minimum atomic E-state index is -0.424. The van der Waals surface area contributed by atoms with Crippen LogP contribution in [-0.4, -0.2) is 23.6 Å². The van der Waals surface area contributed by atoms with Gasteiger partial charge in [-0.05, 0) is 47.7 Å². The third kappa shape index (κ3) is 3.12. The Kier molecular flexibility index (Phi) is 4.52. The summed E-state index contributed by atoms with van der Waals surface area (Å²) in [5, 5.41) is 3.15. The van der Waals surface area contributed by atoms with Crippen LogP contribution in [0.25, 0.3) is 11.4 Å². The minimum Gasteiger partial charge on any atom is -0.494 e. The lowest BCUT2D eigenvalue weighted by molar-refractivity contribution is 0.386. The fraction of sp³-hybridized carbons (Fsp3) is 0.231. The van der Waals surface area contributed by atoms with E-state index in [1.807, 2.05) is 6.92 Å². The van der Waals surface area contributed by atoms with Crippen LogP contribution in [0.15, 0.2) is 24.4 Å². The Morgan fingerprint density at radius 3 is 2.84 bits per heavy atom. The van der Waals surface area contributed by atoms with E-state index in [1.165, 1.54) is 13.2 Å². The van der Waals surface area contributed by atoms with Gasteiger partial charge in [0, 0.05) is 18.3 Å². The number of hydrogen-bond acceptors (Lipinski definition) is 4. The predicted octanol–water partition coefficient (Wildman–Crippen LogP) is 3.33. The topological polar surface area (TPSA) is 47.0 Å². The number of benzene rings is 1. The van der Waals surface area contributed by atoms with Gasteiger partial charge in [0.25, 0.3) is 0 Å². The summed E-state index contributed by atoms with van der Waals surface area (Å²) in [6.45, 7) is 2.76. The molecule has 4 nitrogen and oxygen atoms in total. The first-order valence-corrected chi connectivity index (χ1v) is 6.84. The number of nitrogens with zero attached hydrogens (tertiary/aromatic N) is 2. The first kappa shape index (κ1) is 14.0. The second-order valence-corrected chi connectivity index (χ2v) is 4.93. The third-order valence-electron chi connectivity index (χ3n) is 2.50. The molecular weight excluding hydrogens is 360 g/mol. The van der Waals surface area contributed by atoms with E-state index < -0.39 is 5.82 Å². The van der Waals surface area contributed by atoms with Crippen molar-refractivity contribution in [3.05, 3.63) is 33.8 Å². The molecular formula is C13H13FIN3O. The lowest BCUT2D eigenvalue weighted by Crippen LogP contribution is -2.03. The molecule has 0 fully saturated rings. The maximum Gasteiger partial charge on any atom is 0.165 e. The summed E-state index contributed by atoms with van der Waals surface area (Å²) in [7, 11) is 1.43. The molecule has 0 atom stereocenters. The lowest BCUT2D eigenvalue weighted by atomic mass is 10.2.